The Hall–Kier alpha value is -4.06. The van der Waals surface area contributed by atoms with Crippen LogP contribution in [0.25, 0.3) is 11.1 Å². The van der Waals surface area contributed by atoms with E-state index in [1.807, 2.05) is 48.5 Å². The number of hydrogen-bond acceptors (Lipinski definition) is 6. The van der Waals surface area contributed by atoms with E-state index in [1.54, 1.807) is 12.2 Å². The molecule has 2 aromatic rings. The molecule has 0 aromatic heterocycles. The minimum Gasteiger partial charge on any atom is -0.493 e. The van der Waals surface area contributed by atoms with Gasteiger partial charge in [-0.3, -0.25) is 0 Å². The van der Waals surface area contributed by atoms with Crippen LogP contribution in [0.4, 0.5) is 0 Å². The van der Waals surface area contributed by atoms with Gasteiger partial charge in [0.1, 0.15) is 11.5 Å². The van der Waals surface area contributed by atoms with Crippen LogP contribution in [0.3, 0.4) is 0 Å². The SMILES string of the molecule is C=CC(=O)O/C=C/CCOc1ccc(-c2ccc(OCC/C=C/OC(=O)C=C)cc2)cc1. The molecule has 0 spiro atoms. The molecule has 0 saturated carbocycles. The third-order valence-electron chi connectivity index (χ3n) is 4.04. The molecule has 0 saturated heterocycles. The van der Waals surface area contributed by atoms with Crippen molar-refractivity contribution in [3.63, 3.8) is 0 Å². The van der Waals surface area contributed by atoms with Crippen LogP contribution in [-0.2, 0) is 19.1 Å². The lowest BCUT2D eigenvalue weighted by Gasteiger charge is -2.08. The topological polar surface area (TPSA) is 71.1 Å². The van der Waals surface area contributed by atoms with Gasteiger partial charge in [-0.05, 0) is 47.5 Å². The first-order chi connectivity index (χ1) is 15.6. The molecule has 166 valence electrons. The Kier molecular flexibility index (Phi) is 10.6. The maximum Gasteiger partial charge on any atom is 0.334 e. The van der Waals surface area contributed by atoms with Crippen LogP contribution in [0.15, 0.2) is 98.5 Å². The average Bonchev–Trinajstić information content (AvgIpc) is 2.83. The van der Waals surface area contributed by atoms with Crippen LogP contribution < -0.4 is 9.47 Å². The molecule has 6 nitrogen and oxygen atoms in total. The smallest absolute Gasteiger partial charge is 0.334 e. The summed E-state index contributed by atoms with van der Waals surface area (Å²) in [4.78, 5) is 21.8. The molecule has 0 aliphatic carbocycles. The van der Waals surface area contributed by atoms with Crippen molar-refractivity contribution in [3.05, 3.63) is 98.5 Å². The summed E-state index contributed by atoms with van der Waals surface area (Å²) in [5, 5.41) is 0. The van der Waals surface area contributed by atoms with E-state index in [0.29, 0.717) is 26.1 Å². The maximum atomic E-state index is 10.9. The number of rotatable bonds is 13. The lowest BCUT2D eigenvalue weighted by atomic mass is 10.1. The van der Waals surface area contributed by atoms with E-state index in [9.17, 15) is 9.59 Å². The van der Waals surface area contributed by atoms with E-state index in [-0.39, 0.29) is 0 Å². The first-order valence-electron chi connectivity index (χ1n) is 10.0. The average molecular weight is 434 g/mol. The Morgan fingerprint density at radius 1 is 0.656 bits per heavy atom. The van der Waals surface area contributed by atoms with Crippen molar-refractivity contribution < 1.29 is 28.5 Å². The molecule has 0 aliphatic rings. The second kappa shape index (κ2) is 14.0. The summed E-state index contributed by atoms with van der Waals surface area (Å²) in [6.45, 7) is 7.58. The van der Waals surface area contributed by atoms with Crippen molar-refractivity contribution >= 4 is 11.9 Å². The van der Waals surface area contributed by atoms with Gasteiger partial charge in [-0.2, -0.15) is 0 Å². The highest BCUT2D eigenvalue weighted by molar-refractivity contribution is 5.82. The van der Waals surface area contributed by atoms with Gasteiger partial charge in [0.2, 0.25) is 0 Å². The zero-order valence-corrected chi connectivity index (χ0v) is 17.8. The molecule has 0 fully saturated rings. The van der Waals surface area contributed by atoms with Gasteiger partial charge in [0, 0.05) is 25.0 Å². The molecule has 0 aliphatic heterocycles. The summed E-state index contributed by atoms with van der Waals surface area (Å²) in [5.41, 5.74) is 2.12. The van der Waals surface area contributed by atoms with E-state index < -0.39 is 11.9 Å². The van der Waals surface area contributed by atoms with Gasteiger partial charge in [-0.1, -0.05) is 37.4 Å². The lowest BCUT2D eigenvalue weighted by Crippen LogP contribution is -1.97. The van der Waals surface area contributed by atoms with Crippen LogP contribution in [0.5, 0.6) is 11.5 Å². The number of carbonyl (C=O) groups excluding carboxylic acids is 2. The molecule has 2 rings (SSSR count). The zero-order valence-electron chi connectivity index (χ0n) is 17.8. The Morgan fingerprint density at radius 3 is 1.38 bits per heavy atom. The molecule has 6 heteroatoms. The molecule has 0 atom stereocenters. The Bertz CT molecular complexity index is 860. The fraction of sp³-hybridized carbons (Fsp3) is 0.154. The summed E-state index contributed by atoms with van der Waals surface area (Å²) in [5.74, 6) is 0.547. The fourth-order valence-electron chi connectivity index (χ4n) is 2.44. The summed E-state index contributed by atoms with van der Waals surface area (Å²) in [6, 6.07) is 15.6. The van der Waals surface area contributed by atoms with Crippen LogP contribution >= 0.6 is 0 Å². The normalized spacial score (nSPS) is 10.6. The molecular weight excluding hydrogens is 408 g/mol. The van der Waals surface area contributed by atoms with Gasteiger partial charge in [-0.25, -0.2) is 9.59 Å². The maximum absolute atomic E-state index is 10.9. The van der Waals surface area contributed by atoms with Crippen molar-refractivity contribution in [1.82, 2.24) is 0 Å². The summed E-state index contributed by atoms with van der Waals surface area (Å²) < 4.78 is 20.8. The van der Waals surface area contributed by atoms with Gasteiger partial charge < -0.3 is 18.9 Å². The Morgan fingerprint density at radius 2 is 1.03 bits per heavy atom. The highest BCUT2D eigenvalue weighted by atomic mass is 16.5. The molecular formula is C26H26O6. The number of esters is 2. The predicted octanol–water partition coefficient (Wildman–Crippen LogP) is 5.38. The first-order valence-corrected chi connectivity index (χ1v) is 10.0. The van der Waals surface area contributed by atoms with Crippen molar-refractivity contribution in [2.24, 2.45) is 0 Å². The van der Waals surface area contributed by atoms with Gasteiger partial charge in [0.15, 0.2) is 0 Å². The Balaban J connectivity index is 1.73. The van der Waals surface area contributed by atoms with Crippen LogP contribution in [0.2, 0.25) is 0 Å². The molecule has 2 aromatic carbocycles. The molecule has 0 bridgehead atoms. The van der Waals surface area contributed by atoms with Crippen molar-refractivity contribution in [3.8, 4) is 22.6 Å². The van der Waals surface area contributed by atoms with E-state index in [0.717, 1.165) is 34.8 Å². The monoisotopic (exact) mass is 434 g/mol. The number of hydrogen-bond donors (Lipinski definition) is 0. The standard InChI is InChI=1S/C26H26O6/c1-3-25(27)31-19-7-5-17-29-23-13-9-21(10-14-23)22-11-15-24(16-12-22)30-18-6-8-20-32-26(28)4-2/h3-4,7-16,19-20H,1-2,5-6,17-18H2/b19-7+,20-8+. The molecule has 0 radical (unpaired) electrons. The molecule has 0 N–H and O–H groups in total. The second-order valence-electron chi connectivity index (χ2n) is 6.35. The lowest BCUT2D eigenvalue weighted by molar-refractivity contribution is -0.133. The minimum absolute atomic E-state index is 0.472. The summed E-state index contributed by atoms with van der Waals surface area (Å²) in [6.07, 6.45) is 9.54. The van der Waals surface area contributed by atoms with Gasteiger partial charge in [0.25, 0.3) is 0 Å². The van der Waals surface area contributed by atoms with E-state index in [1.165, 1.54) is 12.5 Å². The molecule has 0 heterocycles. The number of ether oxygens (including phenoxy) is 4. The van der Waals surface area contributed by atoms with Crippen LogP contribution in [-0.4, -0.2) is 25.2 Å². The number of carbonyl (C=O) groups is 2. The molecule has 0 unspecified atom stereocenters. The second-order valence-corrected chi connectivity index (χ2v) is 6.35. The van der Waals surface area contributed by atoms with E-state index >= 15 is 0 Å². The summed E-state index contributed by atoms with van der Waals surface area (Å²) in [7, 11) is 0. The van der Waals surface area contributed by atoms with Crippen LogP contribution in [0, 0.1) is 0 Å². The third-order valence-corrected chi connectivity index (χ3v) is 4.04. The molecule has 0 amide bonds. The zero-order chi connectivity index (χ0) is 23.0. The molecule has 32 heavy (non-hydrogen) atoms. The van der Waals surface area contributed by atoms with Gasteiger partial charge >= 0.3 is 11.9 Å². The van der Waals surface area contributed by atoms with E-state index in [4.69, 9.17) is 18.9 Å². The predicted molar refractivity (Wildman–Crippen MR) is 123 cm³/mol. The first kappa shape index (κ1) is 24.2. The third kappa shape index (κ3) is 9.17. The fourth-order valence-corrected chi connectivity index (χ4v) is 2.44. The van der Waals surface area contributed by atoms with Crippen molar-refractivity contribution in [1.29, 1.82) is 0 Å². The highest BCUT2D eigenvalue weighted by Crippen LogP contribution is 2.24. The summed E-state index contributed by atoms with van der Waals surface area (Å²) >= 11 is 0. The Labute approximate surface area is 188 Å². The van der Waals surface area contributed by atoms with Gasteiger partial charge in [-0.15, -0.1) is 0 Å². The van der Waals surface area contributed by atoms with E-state index in [2.05, 4.69) is 13.2 Å². The van der Waals surface area contributed by atoms with Crippen molar-refractivity contribution in [2.75, 3.05) is 13.2 Å². The highest BCUT2D eigenvalue weighted by Gasteiger charge is 2.00. The van der Waals surface area contributed by atoms with Gasteiger partial charge in [0.05, 0.1) is 25.7 Å². The van der Waals surface area contributed by atoms with Crippen molar-refractivity contribution in [2.45, 2.75) is 12.8 Å². The largest absolute Gasteiger partial charge is 0.493 e. The quantitative estimate of drug-likeness (QED) is 0.182. The van der Waals surface area contributed by atoms with Crippen LogP contribution in [0.1, 0.15) is 12.8 Å². The minimum atomic E-state index is -0.488. The number of benzene rings is 2.